The van der Waals surface area contributed by atoms with Crippen LogP contribution in [0, 0.1) is 0 Å². The Morgan fingerprint density at radius 2 is 1.95 bits per heavy atom. The molecule has 1 aromatic carbocycles. The molecule has 3 N–H and O–H groups in total. The highest BCUT2D eigenvalue weighted by Crippen LogP contribution is 2.17. The summed E-state index contributed by atoms with van der Waals surface area (Å²) in [6.07, 6.45) is 0. The van der Waals surface area contributed by atoms with E-state index >= 15 is 0 Å². The van der Waals surface area contributed by atoms with Crippen LogP contribution in [0.5, 0.6) is 0 Å². The van der Waals surface area contributed by atoms with Crippen molar-refractivity contribution < 1.29 is 19.5 Å². The summed E-state index contributed by atoms with van der Waals surface area (Å²) in [6, 6.07) is 7.38. The molecule has 1 aliphatic rings. The first-order valence-corrected chi connectivity index (χ1v) is 5.89. The van der Waals surface area contributed by atoms with Gasteiger partial charge in [-0.15, -0.1) is 0 Å². The number of carboxylic acids is 1. The lowest BCUT2D eigenvalue weighted by Gasteiger charge is -2.35. The van der Waals surface area contributed by atoms with Crippen molar-refractivity contribution in [3.63, 3.8) is 0 Å². The molecule has 6 nitrogen and oxygen atoms in total. The molecule has 1 saturated heterocycles. The van der Waals surface area contributed by atoms with E-state index in [9.17, 15) is 19.5 Å². The van der Waals surface area contributed by atoms with Gasteiger partial charge in [0.25, 0.3) is 0 Å². The summed E-state index contributed by atoms with van der Waals surface area (Å²) in [5, 5.41) is 14.2. The van der Waals surface area contributed by atoms with Gasteiger partial charge in [0.05, 0.1) is 6.04 Å². The standard InChI is InChI=1S/C13H14N2O4/c1-7-10(12(17)14-7)15-11(16)9(13(18)19)8-5-3-2-4-6-8/h2-7,9-10H,1H3,(H,14,17)(H,15,16)(H,18,19)/t7-,9?,10-/m0/s1. The second-order valence-corrected chi connectivity index (χ2v) is 4.47. The molecule has 1 heterocycles. The third-order valence-corrected chi connectivity index (χ3v) is 3.09. The highest BCUT2D eigenvalue weighted by atomic mass is 16.4. The summed E-state index contributed by atoms with van der Waals surface area (Å²) in [7, 11) is 0. The van der Waals surface area contributed by atoms with Crippen LogP contribution in [0.25, 0.3) is 0 Å². The number of carbonyl (C=O) groups is 3. The van der Waals surface area contributed by atoms with Gasteiger partial charge >= 0.3 is 5.97 Å². The van der Waals surface area contributed by atoms with Crippen molar-refractivity contribution in [1.82, 2.24) is 10.6 Å². The predicted octanol–water partition coefficient (Wildman–Crippen LogP) is -0.142. The van der Waals surface area contributed by atoms with E-state index < -0.39 is 23.8 Å². The van der Waals surface area contributed by atoms with Gasteiger partial charge in [-0.1, -0.05) is 30.3 Å². The fourth-order valence-corrected chi connectivity index (χ4v) is 2.01. The maximum Gasteiger partial charge on any atom is 0.320 e. The number of benzene rings is 1. The van der Waals surface area contributed by atoms with E-state index in [1.165, 1.54) is 0 Å². The third kappa shape index (κ3) is 2.57. The largest absolute Gasteiger partial charge is 0.480 e. The van der Waals surface area contributed by atoms with Gasteiger partial charge in [-0.2, -0.15) is 0 Å². The van der Waals surface area contributed by atoms with Crippen molar-refractivity contribution in [2.75, 3.05) is 0 Å². The van der Waals surface area contributed by atoms with Gasteiger partial charge in [0.2, 0.25) is 11.8 Å². The fraction of sp³-hybridized carbons (Fsp3) is 0.308. The maximum absolute atomic E-state index is 12.0. The first-order chi connectivity index (χ1) is 9.00. The number of nitrogens with one attached hydrogen (secondary N) is 2. The second-order valence-electron chi connectivity index (χ2n) is 4.47. The molecule has 0 aliphatic carbocycles. The zero-order valence-electron chi connectivity index (χ0n) is 10.3. The Hall–Kier alpha value is -2.37. The van der Waals surface area contributed by atoms with Crippen LogP contribution in [-0.4, -0.2) is 35.0 Å². The maximum atomic E-state index is 12.0. The minimum Gasteiger partial charge on any atom is -0.480 e. The monoisotopic (exact) mass is 262 g/mol. The van der Waals surface area contributed by atoms with E-state index in [2.05, 4.69) is 10.6 Å². The Kier molecular flexibility index (Phi) is 3.50. The number of β-lactam (4-membered cyclic amide) rings is 1. The topological polar surface area (TPSA) is 95.5 Å². The lowest BCUT2D eigenvalue weighted by atomic mass is 9.95. The second kappa shape index (κ2) is 5.09. The van der Waals surface area contributed by atoms with Crippen LogP contribution in [0.4, 0.5) is 0 Å². The van der Waals surface area contributed by atoms with Crippen LogP contribution in [0.1, 0.15) is 18.4 Å². The number of rotatable bonds is 4. The molecule has 0 saturated carbocycles. The third-order valence-electron chi connectivity index (χ3n) is 3.09. The van der Waals surface area contributed by atoms with E-state index in [1.807, 2.05) is 0 Å². The van der Waals surface area contributed by atoms with Crippen molar-refractivity contribution in [2.45, 2.75) is 24.9 Å². The Morgan fingerprint density at radius 1 is 1.32 bits per heavy atom. The highest BCUT2D eigenvalue weighted by Gasteiger charge is 2.39. The summed E-state index contributed by atoms with van der Waals surface area (Å²) in [6.45, 7) is 1.74. The van der Waals surface area contributed by atoms with Crippen LogP contribution in [0.3, 0.4) is 0 Å². The van der Waals surface area contributed by atoms with Crippen molar-refractivity contribution >= 4 is 17.8 Å². The van der Waals surface area contributed by atoms with Crippen LogP contribution in [-0.2, 0) is 14.4 Å². The lowest BCUT2D eigenvalue weighted by Crippen LogP contribution is -2.68. The minimum absolute atomic E-state index is 0.179. The lowest BCUT2D eigenvalue weighted by molar-refractivity contribution is -0.145. The number of amides is 2. The average molecular weight is 262 g/mol. The average Bonchev–Trinajstić information content (AvgIpc) is 2.37. The SMILES string of the molecule is C[C@@H]1NC(=O)[C@H]1NC(=O)C(C(=O)O)c1ccccc1. The van der Waals surface area contributed by atoms with Crippen molar-refractivity contribution in [3.8, 4) is 0 Å². The van der Waals surface area contributed by atoms with E-state index in [0.29, 0.717) is 5.56 Å². The van der Waals surface area contributed by atoms with E-state index in [0.717, 1.165) is 0 Å². The van der Waals surface area contributed by atoms with Gasteiger partial charge in [0, 0.05) is 0 Å². The molecule has 1 aliphatic heterocycles. The molecule has 0 radical (unpaired) electrons. The Morgan fingerprint density at radius 3 is 2.42 bits per heavy atom. The number of carboxylic acid groups (broad SMARTS) is 1. The van der Waals surface area contributed by atoms with E-state index in [-0.39, 0.29) is 11.9 Å². The van der Waals surface area contributed by atoms with Gasteiger partial charge in [-0.3, -0.25) is 14.4 Å². The Labute approximate surface area is 109 Å². The van der Waals surface area contributed by atoms with Gasteiger partial charge in [-0.25, -0.2) is 0 Å². The molecule has 1 unspecified atom stereocenters. The van der Waals surface area contributed by atoms with Gasteiger partial charge in [0.15, 0.2) is 5.92 Å². The Balaban J connectivity index is 2.14. The molecular weight excluding hydrogens is 248 g/mol. The first-order valence-electron chi connectivity index (χ1n) is 5.89. The molecule has 100 valence electrons. The van der Waals surface area contributed by atoms with Gasteiger partial charge < -0.3 is 15.7 Å². The highest BCUT2D eigenvalue weighted by molar-refractivity contribution is 6.04. The summed E-state index contributed by atoms with van der Waals surface area (Å²) < 4.78 is 0. The molecule has 1 fully saturated rings. The van der Waals surface area contributed by atoms with Crippen LogP contribution < -0.4 is 10.6 Å². The molecule has 2 rings (SSSR count). The molecule has 6 heteroatoms. The first kappa shape index (κ1) is 13.1. The normalized spacial score (nSPS) is 22.9. The molecule has 0 aromatic heterocycles. The van der Waals surface area contributed by atoms with Crippen LogP contribution in [0.15, 0.2) is 30.3 Å². The smallest absolute Gasteiger partial charge is 0.320 e. The van der Waals surface area contributed by atoms with Crippen LogP contribution in [0.2, 0.25) is 0 Å². The molecule has 19 heavy (non-hydrogen) atoms. The molecule has 1 aromatic rings. The quantitative estimate of drug-likeness (QED) is 0.520. The number of hydrogen-bond acceptors (Lipinski definition) is 3. The van der Waals surface area contributed by atoms with Crippen molar-refractivity contribution in [2.24, 2.45) is 0 Å². The molecule has 0 spiro atoms. The van der Waals surface area contributed by atoms with Gasteiger partial charge in [-0.05, 0) is 12.5 Å². The molecular formula is C13H14N2O4. The number of aliphatic carboxylic acids is 1. The van der Waals surface area contributed by atoms with E-state index in [4.69, 9.17) is 0 Å². The fourth-order valence-electron chi connectivity index (χ4n) is 2.01. The molecule has 2 amide bonds. The molecule has 0 bridgehead atoms. The zero-order valence-corrected chi connectivity index (χ0v) is 10.3. The summed E-state index contributed by atoms with van der Waals surface area (Å²) in [5.74, 6) is -3.51. The molecule has 3 atom stereocenters. The minimum atomic E-state index is -1.30. The van der Waals surface area contributed by atoms with Crippen molar-refractivity contribution in [1.29, 1.82) is 0 Å². The van der Waals surface area contributed by atoms with Gasteiger partial charge in [0.1, 0.15) is 6.04 Å². The van der Waals surface area contributed by atoms with Crippen molar-refractivity contribution in [3.05, 3.63) is 35.9 Å². The Bertz CT molecular complexity index is 515. The summed E-state index contributed by atoms with van der Waals surface area (Å²) in [4.78, 5) is 34.5. The predicted molar refractivity (Wildman–Crippen MR) is 66.4 cm³/mol. The summed E-state index contributed by atoms with van der Waals surface area (Å²) in [5.41, 5.74) is 0.389. The van der Waals surface area contributed by atoms with E-state index in [1.54, 1.807) is 37.3 Å². The zero-order chi connectivity index (χ0) is 14.0. The number of carbonyl (C=O) groups excluding carboxylic acids is 2. The van der Waals surface area contributed by atoms with Crippen LogP contribution >= 0.6 is 0 Å². The number of hydrogen-bond donors (Lipinski definition) is 3. The summed E-state index contributed by atoms with van der Waals surface area (Å²) >= 11 is 0.